The van der Waals surface area contributed by atoms with Crippen LogP contribution < -0.4 is 33.2 Å². The SMILES string of the molecule is CC(NC(=O)C(CCCN=C(N)N)NC(=O)CNC(=O)C(N)Cc1ccc(O)cc1)C(=O)O. The molecule has 1 rings (SSSR count). The standard InChI is InChI=1S/C20H31N7O6/c1-11(19(32)33)26-18(31)15(3-2-8-24-20(22)23)27-16(29)10-25-17(30)14(21)9-12-4-6-13(28)7-5-12/h4-7,11,14-15,28H,2-3,8-10,21H2,1H3,(H,25,30)(H,26,31)(H,27,29)(H,32,33)(H4,22,23,24). The monoisotopic (exact) mass is 465 g/mol. The van der Waals surface area contributed by atoms with Gasteiger partial charge in [-0.3, -0.25) is 24.2 Å². The number of aliphatic imine (C=N–C) groups is 1. The molecule has 0 aliphatic heterocycles. The Balaban J connectivity index is 2.61. The maximum atomic E-state index is 12.4. The molecule has 13 nitrogen and oxygen atoms in total. The number of phenolic OH excluding ortho intramolecular Hbond substituents is 1. The van der Waals surface area contributed by atoms with Gasteiger partial charge in [0.1, 0.15) is 17.8 Å². The van der Waals surface area contributed by atoms with E-state index >= 15 is 0 Å². The van der Waals surface area contributed by atoms with Gasteiger partial charge in [0.05, 0.1) is 12.6 Å². The van der Waals surface area contributed by atoms with Crippen molar-refractivity contribution in [2.24, 2.45) is 22.2 Å². The number of nitrogens with one attached hydrogen (secondary N) is 3. The molecule has 33 heavy (non-hydrogen) atoms. The summed E-state index contributed by atoms with van der Waals surface area (Å²) >= 11 is 0. The highest BCUT2D eigenvalue weighted by atomic mass is 16.4. The zero-order valence-corrected chi connectivity index (χ0v) is 18.3. The number of amides is 3. The topological polar surface area (TPSA) is 235 Å². The molecule has 3 unspecified atom stereocenters. The summed E-state index contributed by atoms with van der Waals surface area (Å²) in [6.07, 6.45) is 0.660. The number of carbonyl (C=O) groups excluding carboxylic acids is 3. The Hall–Kier alpha value is -3.87. The zero-order valence-electron chi connectivity index (χ0n) is 18.3. The van der Waals surface area contributed by atoms with Gasteiger partial charge in [0.25, 0.3) is 0 Å². The van der Waals surface area contributed by atoms with E-state index in [1.165, 1.54) is 19.1 Å². The number of phenols is 1. The molecule has 1 aromatic carbocycles. The number of nitrogens with zero attached hydrogens (tertiary/aromatic N) is 1. The number of hydrogen-bond acceptors (Lipinski definition) is 7. The molecule has 3 amide bonds. The zero-order chi connectivity index (χ0) is 25.0. The number of carboxylic acids is 1. The van der Waals surface area contributed by atoms with E-state index in [0.29, 0.717) is 6.42 Å². The van der Waals surface area contributed by atoms with Gasteiger partial charge < -0.3 is 43.4 Å². The Morgan fingerprint density at radius 2 is 1.70 bits per heavy atom. The third-order valence-corrected chi connectivity index (χ3v) is 4.48. The molecule has 3 atom stereocenters. The van der Waals surface area contributed by atoms with Crippen molar-refractivity contribution in [3.8, 4) is 5.75 Å². The lowest BCUT2D eigenvalue weighted by molar-refractivity contribution is -0.141. The second-order valence-electron chi connectivity index (χ2n) is 7.33. The first kappa shape index (κ1) is 27.2. The fourth-order valence-corrected chi connectivity index (χ4v) is 2.67. The van der Waals surface area contributed by atoms with Crippen LogP contribution in [0.25, 0.3) is 0 Å². The lowest BCUT2D eigenvalue weighted by Gasteiger charge is -2.20. The van der Waals surface area contributed by atoms with Crippen LogP contribution >= 0.6 is 0 Å². The molecule has 182 valence electrons. The molecule has 0 spiro atoms. The number of carbonyl (C=O) groups is 4. The Bertz CT molecular complexity index is 855. The molecule has 0 bridgehead atoms. The van der Waals surface area contributed by atoms with E-state index in [1.807, 2.05) is 0 Å². The predicted octanol–water partition coefficient (Wildman–Crippen LogP) is -2.49. The van der Waals surface area contributed by atoms with Crippen molar-refractivity contribution in [1.82, 2.24) is 16.0 Å². The summed E-state index contributed by atoms with van der Waals surface area (Å²) in [7, 11) is 0. The van der Waals surface area contributed by atoms with E-state index in [9.17, 15) is 24.3 Å². The molecule has 0 heterocycles. The summed E-state index contributed by atoms with van der Waals surface area (Å²) in [6.45, 7) is 1.06. The fourth-order valence-electron chi connectivity index (χ4n) is 2.67. The van der Waals surface area contributed by atoms with Crippen LogP contribution in [0.15, 0.2) is 29.3 Å². The van der Waals surface area contributed by atoms with Crippen molar-refractivity contribution >= 4 is 29.7 Å². The van der Waals surface area contributed by atoms with Gasteiger partial charge in [-0.25, -0.2) is 0 Å². The molecule has 1 aromatic rings. The normalized spacial score (nSPS) is 13.2. The second kappa shape index (κ2) is 13.5. The van der Waals surface area contributed by atoms with E-state index in [4.69, 9.17) is 22.3 Å². The highest BCUT2D eigenvalue weighted by molar-refractivity contribution is 5.92. The number of benzene rings is 1. The third-order valence-electron chi connectivity index (χ3n) is 4.48. The number of hydrogen-bond donors (Lipinski definition) is 8. The average molecular weight is 466 g/mol. The molecular formula is C20H31N7O6. The summed E-state index contributed by atoms with van der Waals surface area (Å²) in [5, 5.41) is 25.4. The summed E-state index contributed by atoms with van der Waals surface area (Å²) in [4.78, 5) is 51.6. The third kappa shape index (κ3) is 10.8. The average Bonchev–Trinajstić information content (AvgIpc) is 2.75. The number of carboxylic acid groups (broad SMARTS) is 1. The number of aliphatic carboxylic acids is 1. The molecule has 0 radical (unpaired) electrons. The van der Waals surface area contributed by atoms with Crippen molar-refractivity contribution < 1.29 is 29.4 Å². The Morgan fingerprint density at radius 3 is 2.27 bits per heavy atom. The molecule has 0 saturated heterocycles. The number of rotatable bonds is 13. The van der Waals surface area contributed by atoms with Gasteiger partial charge in [-0.05, 0) is 43.9 Å². The van der Waals surface area contributed by atoms with Gasteiger partial charge >= 0.3 is 5.97 Å². The molecular weight excluding hydrogens is 434 g/mol. The quantitative estimate of drug-likeness (QED) is 0.0872. The first-order valence-electron chi connectivity index (χ1n) is 10.2. The summed E-state index contributed by atoms with van der Waals surface area (Å²) in [6, 6.07) is 3.03. The highest BCUT2D eigenvalue weighted by Gasteiger charge is 2.24. The van der Waals surface area contributed by atoms with Crippen LogP contribution in [-0.4, -0.2) is 71.1 Å². The van der Waals surface area contributed by atoms with Gasteiger partial charge in [0.2, 0.25) is 17.7 Å². The van der Waals surface area contributed by atoms with Gasteiger partial charge in [-0.15, -0.1) is 0 Å². The van der Waals surface area contributed by atoms with Crippen molar-refractivity contribution in [2.75, 3.05) is 13.1 Å². The fraction of sp³-hybridized carbons (Fsp3) is 0.450. The Kier molecular flexibility index (Phi) is 11.1. The van der Waals surface area contributed by atoms with Crippen LogP contribution in [0, 0.1) is 0 Å². The van der Waals surface area contributed by atoms with Crippen LogP contribution in [0.1, 0.15) is 25.3 Å². The molecule has 0 aliphatic rings. The minimum Gasteiger partial charge on any atom is -0.508 e. The van der Waals surface area contributed by atoms with E-state index in [2.05, 4.69) is 20.9 Å². The minimum atomic E-state index is -1.23. The van der Waals surface area contributed by atoms with Crippen LogP contribution in [0.5, 0.6) is 5.75 Å². The van der Waals surface area contributed by atoms with E-state index in [0.717, 1.165) is 5.56 Å². The molecule has 13 heteroatoms. The number of guanidine groups is 1. The lowest BCUT2D eigenvalue weighted by atomic mass is 10.1. The van der Waals surface area contributed by atoms with Gasteiger partial charge in [0.15, 0.2) is 5.96 Å². The predicted molar refractivity (Wildman–Crippen MR) is 120 cm³/mol. The van der Waals surface area contributed by atoms with E-state index in [-0.39, 0.29) is 31.1 Å². The smallest absolute Gasteiger partial charge is 0.325 e. The van der Waals surface area contributed by atoms with Crippen LogP contribution in [0.4, 0.5) is 0 Å². The first-order chi connectivity index (χ1) is 15.5. The summed E-state index contributed by atoms with van der Waals surface area (Å²) in [5.74, 6) is -3.20. The second-order valence-corrected chi connectivity index (χ2v) is 7.33. The largest absolute Gasteiger partial charge is 0.508 e. The van der Waals surface area contributed by atoms with Crippen molar-refractivity contribution in [3.63, 3.8) is 0 Å². The minimum absolute atomic E-state index is 0.0862. The van der Waals surface area contributed by atoms with Crippen LogP contribution in [0.3, 0.4) is 0 Å². The molecule has 0 saturated carbocycles. The maximum Gasteiger partial charge on any atom is 0.325 e. The van der Waals surface area contributed by atoms with Crippen LogP contribution in [0.2, 0.25) is 0 Å². The number of nitrogens with two attached hydrogens (primary N) is 3. The first-order valence-corrected chi connectivity index (χ1v) is 10.2. The number of aromatic hydroxyl groups is 1. The molecule has 0 fully saturated rings. The van der Waals surface area contributed by atoms with Crippen molar-refractivity contribution in [1.29, 1.82) is 0 Å². The Morgan fingerprint density at radius 1 is 1.06 bits per heavy atom. The Labute approximate surface area is 190 Å². The van der Waals surface area contributed by atoms with Gasteiger partial charge in [0, 0.05) is 6.54 Å². The lowest BCUT2D eigenvalue weighted by Crippen LogP contribution is -2.53. The molecule has 0 aliphatic carbocycles. The van der Waals surface area contributed by atoms with Gasteiger partial charge in [-0.2, -0.15) is 0 Å². The van der Waals surface area contributed by atoms with E-state index < -0.39 is 48.4 Å². The van der Waals surface area contributed by atoms with E-state index in [1.54, 1.807) is 12.1 Å². The summed E-state index contributed by atoms with van der Waals surface area (Å²) < 4.78 is 0. The molecule has 0 aromatic heterocycles. The highest BCUT2D eigenvalue weighted by Crippen LogP contribution is 2.10. The summed E-state index contributed by atoms with van der Waals surface area (Å²) in [5.41, 5.74) is 17.1. The van der Waals surface area contributed by atoms with Crippen molar-refractivity contribution in [2.45, 2.75) is 44.3 Å². The molecule has 11 N–H and O–H groups in total. The van der Waals surface area contributed by atoms with Crippen molar-refractivity contribution in [3.05, 3.63) is 29.8 Å². The van der Waals surface area contributed by atoms with Crippen LogP contribution in [-0.2, 0) is 25.6 Å². The maximum absolute atomic E-state index is 12.4. The van der Waals surface area contributed by atoms with Gasteiger partial charge in [-0.1, -0.05) is 12.1 Å².